The minimum atomic E-state index is -0.0780. The van der Waals surface area contributed by atoms with Crippen LogP contribution in [0, 0.1) is 0 Å². The lowest BCUT2D eigenvalue weighted by Gasteiger charge is -2.11. The molecule has 4 heteroatoms. The number of carbonyl (C=O) groups is 1. The van der Waals surface area contributed by atoms with Crippen molar-refractivity contribution in [2.24, 2.45) is 0 Å². The molecule has 0 aromatic heterocycles. The van der Waals surface area contributed by atoms with Crippen LogP contribution in [-0.2, 0) is 4.74 Å². The Labute approximate surface area is 113 Å². The number of carbonyl (C=O) groups excluding carboxylic acids is 1. The van der Waals surface area contributed by atoms with Crippen LogP contribution in [0.4, 0.5) is 0 Å². The van der Waals surface area contributed by atoms with E-state index >= 15 is 0 Å². The zero-order valence-electron chi connectivity index (χ0n) is 10.9. The molecular weight excluding hydrogens is 242 g/mol. The molecule has 1 amide bonds. The van der Waals surface area contributed by atoms with E-state index < -0.39 is 0 Å². The summed E-state index contributed by atoms with van der Waals surface area (Å²) in [5.74, 6) is 0.654. The van der Waals surface area contributed by atoms with Crippen LogP contribution in [-0.4, -0.2) is 31.8 Å². The van der Waals surface area contributed by atoms with Gasteiger partial charge in [0, 0.05) is 18.7 Å². The van der Waals surface area contributed by atoms with Gasteiger partial charge >= 0.3 is 0 Å². The molecule has 1 unspecified atom stereocenters. The molecule has 1 aliphatic rings. The van der Waals surface area contributed by atoms with Gasteiger partial charge in [-0.3, -0.25) is 4.79 Å². The van der Waals surface area contributed by atoms with Crippen molar-refractivity contribution in [3.63, 3.8) is 0 Å². The predicted octanol–water partition coefficient (Wildman–Crippen LogP) is 2.16. The minimum absolute atomic E-state index is 0.0780. The highest BCUT2D eigenvalue weighted by Crippen LogP contribution is 2.13. The largest absolute Gasteiger partial charge is 0.490 e. The van der Waals surface area contributed by atoms with Crippen LogP contribution in [0.2, 0.25) is 0 Å². The maximum atomic E-state index is 11.9. The van der Waals surface area contributed by atoms with Crippen molar-refractivity contribution in [2.75, 3.05) is 19.8 Å². The summed E-state index contributed by atoms with van der Waals surface area (Å²) in [6.07, 6.45) is 3.95. The van der Waals surface area contributed by atoms with Crippen molar-refractivity contribution in [2.45, 2.75) is 18.9 Å². The first-order valence-corrected chi connectivity index (χ1v) is 6.53. The van der Waals surface area contributed by atoms with E-state index in [1.807, 2.05) is 0 Å². The van der Waals surface area contributed by atoms with Crippen LogP contribution in [0.1, 0.15) is 23.2 Å². The molecule has 1 aliphatic heterocycles. The average Bonchev–Trinajstić information content (AvgIpc) is 2.96. The van der Waals surface area contributed by atoms with E-state index in [9.17, 15) is 4.79 Å². The van der Waals surface area contributed by atoms with E-state index in [-0.39, 0.29) is 12.0 Å². The highest BCUT2D eigenvalue weighted by molar-refractivity contribution is 5.94. The maximum absolute atomic E-state index is 11.9. The van der Waals surface area contributed by atoms with Crippen molar-refractivity contribution in [3.05, 3.63) is 42.5 Å². The van der Waals surface area contributed by atoms with Crippen molar-refractivity contribution in [3.8, 4) is 5.75 Å². The first kappa shape index (κ1) is 13.6. The molecule has 1 fully saturated rings. The molecule has 0 radical (unpaired) electrons. The Morgan fingerprint density at radius 1 is 1.47 bits per heavy atom. The van der Waals surface area contributed by atoms with Gasteiger partial charge in [-0.25, -0.2) is 0 Å². The van der Waals surface area contributed by atoms with Crippen LogP contribution in [0.15, 0.2) is 36.9 Å². The average molecular weight is 261 g/mol. The van der Waals surface area contributed by atoms with Gasteiger partial charge in [0.25, 0.3) is 5.91 Å². The molecule has 1 heterocycles. The molecule has 0 spiro atoms. The van der Waals surface area contributed by atoms with Crippen LogP contribution >= 0.6 is 0 Å². The molecule has 102 valence electrons. The third-order valence-corrected chi connectivity index (χ3v) is 3.00. The third kappa shape index (κ3) is 4.10. The molecule has 2 rings (SSSR count). The molecule has 0 aliphatic carbocycles. The molecular formula is C15H19NO3. The van der Waals surface area contributed by atoms with E-state index in [1.54, 1.807) is 30.3 Å². The highest BCUT2D eigenvalue weighted by atomic mass is 16.5. The standard InChI is InChI=1S/C15H19NO3/c1-2-9-18-13-7-5-12(6-8-13)15(17)16-11-14-4-3-10-19-14/h2,5-8,14H,1,3-4,9-11H2,(H,16,17). The van der Waals surface area contributed by atoms with Crippen molar-refractivity contribution in [1.29, 1.82) is 0 Å². The summed E-state index contributed by atoms with van der Waals surface area (Å²) in [6.45, 7) is 5.42. The number of hydrogen-bond donors (Lipinski definition) is 1. The van der Waals surface area contributed by atoms with Gasteiger partial charge in [-0.05, 0) is 37.1 Å². The smallest absolute Gasteiger partial charge is 0.251 e. The summed E-state index contributed by atoms with van der Waals surface area (Å²) >= 11 is 0. The van der Waals surface area contributed by atoms with E-state index in [0.717, 1.165) is 25.2 Å². The van der Waals surface area contributed by atoms with Crippen molar-refractivity contribution < 1.29 is 14.3 Å². The fourth-order valence-corrected chi connectivity index (χ4v) is 1.97. The summed E-state index contributed by atoms with van der Waals surface area (Å²) in [5.41, 5.74) is 0.629. The van der Waals surface area contributed by atoms with Crippen molar-refractivity contribution in [1.82, 2.24) is 5.32 Å². The van der Waals surface area contributed by atoms with Gasteiger partial charge in [0.1, 0.15) is 12.4 Å². The zero-order chi connectivity index (χ0) is 13.5. The van der Waals surface area contributed by atoms with Crippen LogP contribution in [0.5, 0.6) is 5.75 Å². The van der Waals surface area contributed by atoms with Gasteiger partial charge in [-0.1, -0.05) is 12.7 Å². The van der Waals surface area contributed by atoms with Gasteiger partial charge in [0.2, 0.25) is 0 Å². The highest BCUT2D eigenvalue weighted by Gasteiger charge is 2.16. The van der Waals surface area contributed by atoms with Gasteiger partial charge in [-0.2, -0.15) is 0 Å². The second-order valence-electron chi connectivity index (χ2n) is 4.47. The first-order chi connectivity index (χ1) is 9.29. The van der Waals surface area contributed by atoms with Crippen LogP contribution < -0.4 is 10.1 Å². The second-order valence-corrected chi connectivity index (χ2v) is 4.47. The van der Waals surface area contributed by atoms with Crippen molar-refractivity contribution >= 4 is 5.91 Å². The third-order valence-electron chi connectivity index (χ3n) is 3.00. The fraction of sp³-hybridized carbons (Fsp3) is 0.400. The number of nitrogens with one attached hydrogen (secondary N) is 1. The summed E-state index contributed by atoms with van der Waals surface area (Å²) in [4.78, 5) is 11.9. The lowest BCUT2D eigenvalue weighted by molar-refractivity contribution is 0.0858. The zero-order valence-corrected chi connectivity index (χ0v) is 10.9. The second kappa shape index (κ2) is 6.95. The summed E-state index contributed by atoms with van der Waals surface area (Å²) in [5, 5.41) is 2.88. The lowest BCUT2D eigenvalue weighted by atomic mass is 10.2. The fourth-order valence-electron chi connectivity index (χ4n) is 1.97. The summed E-state index contributed by atoms with van der Waals surface area (Å²) in [6, 6.07) is 7.07. The number of rotatable bonds is 6. The molecule has 1 saturated heterocycles. The van der Waals surface area contributed by atoms with Gasteiger partial charge < -0.3 is 14.8 Å². The number of amides is 1. The Balaban J connectivity index is 1.82. The molecule has 4 nitrogen and oxygen atoms in total. The minimum Gasteiger partial charge on any atom is -0.490 e. The van der Waals surface area contributed by atoms with Gasteiger partial charge in [0.15, 0.2) is 0 Å². The van der Waals surface area contributed by atoms with Crippen LogP contribution in [0.3, 0.4) is 0 Å². The molecule has 1 N–H and O–H groups in total. The van der Waals surface area contributed by atoms with E-state index in [1.165, 1.54) is 0 Å². The molecule has 19 heavy (non-hydrogen) atoms. The monoisotopic (exact) mass is 261 g/mol. The number of ether oxygens (including phenoxy) is 2. The van der Waals surface area contributed by atoms with E-state index in [2.05, 4.69) is 11.9 Å². The molecule has 1 aromatic carbocycles. The lowest BCUT2D eigenvalue weighted by Crippen LogP contribution is -2.31. The quantitative estimate of drug-likeness (QED) is 0.798. The topological polar surface area (TPSA) is 47.6 Å². The SMILES string of the molecule is C=CCOc1ccc(C(=O)NCC2CCCO2)cc1. The van der Waals surface area contributed by atoms with Gasteiger partial charge in [-0.15, -0.1) is 0 Å². The Bertz CT molecular complexity index is 422. The summed E-state index contributed by atoms with van der Waals surface area (Å²) in [7, 11) is 0. The first-order valence-electron chi connectivity index (χ1n) is 6.53. The number of benzene rings is 1. The summed E-state index contributed by atoms with van der Waals surface area (Å²) < 4.78 is 10.8. The molecule has 0 saturated carbocycles. The van der Waals surface area contributed by atoms with Gasteiger partial charge in [0.05, 0.1) is 6.10 Å². The Hall–Kier alpha value is -1.81. The molecule has 0 bridgehead atoms. The normalized spacial score (nSPS) is 18.0. The van der Waals surface area contributed by atoms with E-state index in [0.29, 0.717) is 18.7 Å². The Morgan fingerprint density at radius 3 is 2.89 bits per heavy atom. The maximum Gasteiger partial charge on any atom is 0.251 e. The predicted molar refractivity (Wildman–Crippen MR) is 73.4 cm³/mol. The Morgan fingerprint density at radius 2 is 2.26 bits per heavy atom. The van der Waals surface area contributed by atoms with Crippen LogP contribution in [0.25, 0.3) is 0 Å². The Kier molecular flexibility index (Phi) is 4.98. The molecule has 1 atom stereocenters. The van der Waals surface area contributed by atoms with E-state index in [4.69, 9.17) is 9.47 Å². The number of hydrogen-bond acceptors (Lipinski definition) is 3. The molecule has 1 aromatic rings.